The van der Waals surface area contributed by atoms with Gasteiger partial charge in [-0.25, -0.2) is 18.3 Å². The number of anilines is 1. The maximum Gasteiger partial charge on any atom is 0.320 e. The molecule has 0 spiro atoms. The normalized spacial score (nSPS) is 21.0. The van der Waals surface area contributed by atoms with Crippen molar-refractivity contribution in [2.45, 2.75) is 44.3 Å². The van der Waals surface area contributed by atoms with Crippen LogP contribution < -0.4 is 21.3 Å². The predicted molar refractivity (Wildman–Crippen MR) is 147 cm³/mol. The first-order valence-electron chi connectivity index (χ1n) is 13.3. The molecule has 5 rings (SSSR count). The number of urea groups is 1. The molecular formula is C29H34F2N6O2. The van der Waals surface area contributed by atoms with Gasteiger partial charge in [0, 0.05) is 37.9 Å². The summed E-state index contributed by atoms with van der Waals surface area (Å²) in [5.74, 6) is -0.738. The Morgan fingerprint density at radius 3 is 2.64 bits per heavy atom. The van der Waals surface area contributed by atoms with Crippen LogP contribution in [0.5, 0.6) is 0 Å². The molecular weight excluding hydrogens is 502 g/mol. The first-order chi connectivity index (χ1) is 18.9. The van der Waals surface area contributed by atoms with E-state index in [0.717, 1.165) is 48.1 Å². The summed E-state index contributed by atoms with van der Waals surface area (Å²) in [6.07, 6.45) is 4.27. The number of carbonyl (C=O) groups excluding carboxylic acids is 1. The van der Waals surface area contributed by atoms with Gasteiger partial charge in [-0.3, -0.25) is 5.32 Å². The van der Waals surface area contributed by atoms with Crippen molar-refractivity contribution in [3.05, 3.63) is 83.1 Å². The SMILES string of the molecule is COCC[C@@H]1C[C@@H](NC(=O)Nc2c(C)c(C3=CCNCC3)nn2-c2ccccc2)[C@H](c2cc(F)cc(F)c2)N1. The fourth-order valence-electron chi connectivity index (χ4n) is 5.42. The second-order valence-electron chi connectivity index (χ2n) is 10.0. The molecule has 3 atom stereocenters. The van der Waals surface area contributed by atoms with Gasteiger partial charge in [0.1, 0.15) is 17.5 Å². The van der Waals surface area contributed by atoms with E-state index in [-0.39, 0.29) is 6.04 Å². The van der Waals surface area contributed by atoms with Gasteiger partial charge >= 0.3 is 6.03 Å². The van der Waals surface area contributed by atoms with Gasteiger partial charge in [0.05, 0.1) is 23.5 Å². The number of para-hydroxylation sites is 1. The number of hydrogen-bond acceptors (Lipinski definition) is 5. The highest BCUT2D eigenvalue weighted by molar-refractivity contribution is 5.91. The van der Waals surface area contributed by atoms with Crippen LogP contribution in [0, 0.1) is 18.6 Å². The summed E-state index contributed by atoms with van der Waals surface area (Å²) >= 11 is 0. The van der Waals surface area contributed by atoms with Gasteiger partial charge in [-0.2, -0.15) is 5.10 Å². The predicted octanol–water partition coefficient (Wildman–Crippen LogP) is 4.47. The summed E-state index contributed by atoms with van der Waals surface area (Å²) in [6, 6.07) is 11.9. The average Bonchev–Trinajstić information content (AvgIpc) is 3.48. The molecule has 2 aliphatic heterocycles. The van der Waals surface area contributed by atoms with Crippen LogP contribution in [-0.2, 0) is 4.74 Å². The lowest BCUT2D eigenvalue weighted by molar-refractivity contribution is 0.184. The van der Waals surface area contributed by atoms with Crippen LogP contribution in [0.1, 0.15) is 42.1 Å². The lowest BCUT2D eigenvalue weighted by atomic mass is 9.99. The topological polar surface area (TPSA) is 92.2 Å². The van der Waals surface area contributed by atoms with E-state index < -0.39 is 29.7 Å². The van der Waals surface area contributed by atoms with E-state index >= 15 is 0 Å². The number of nitrogens with one attached hydrogen (secondary N) is 4. The molecule has 0 saturated carbocycles. The number of ether oxygens (including phenoxy) is 1. The third kappa shape index (κ3) is 6.19. The lowest BCUT2D eigenvalue weighted by Crippen LogP contribution is -2.41. The summed E-state index contributed by atoms with van der Waals surface area (Å²) in [5, 5.41) is 17.7. The number of halogens is 2. The van der Waals surface area contributed by atoms with E-state index in [9.17, 15) is 13.6 Å². The Bertz CT molecular complexity index is 1320. The minimum atomic E-state index is -0.655. The monoisotopic (exact) mass is 536 g/mol. The molecule has 3 heterocycles. The molecule has 39 heavy (non-hydrogen) atoms. The average molecular weight is 537 g/mol. The van der Waals surface area contributed by atoms with Crippen LogP contribution in [0.2, 0.25) is 0 Å². The van der Waals surface area contributed by atoms with Crippen LogP contribution in [0.3, 0.4) is 0 Å². The van der Waals surface area contributed by atoms with Crippen molar-refractivity contribution >= 4 is 17.4 Å². The Labute approximate surface area is 226 Å². The highest BCUT2D eigenvalue weighted by Gasteiger charge is 2.36. The van der Waals surface area contributed by atoms with Crippen LogP contribution >= 0.6 is 0 Å². The summed E-state index contributed by atoms with van der Waals surface area (Å²) in [4.78, 5) is 13.4. The Hall–Kier alpha value is -3.60. The molecule has 8 nitrogen and oxygen atoms in total. The molecule has 1 saturated heterocycles. The highest BCUT2D eigenvalue weighted by atomic mass is 19.1. The van der Waals surface area contributed by atoms with Crippen LogP contribution in [0.15, 0.2) is 54.6 Å². The Morgan fingerprint density at radius 2 is 1.95 bits per heavy atom. The van der Waals surface area contributed by atoms with Crippen molar-refractivity contribution in [2.75, 3.05) is 32.1 Å². The summed E-state index contributed by atoms with van der Waals surface area (Å²) < 4.78 is 35.1. The van der Waals surface area contributed by atoms with Gasteiger partial charge < -0.3 is 20.7 Å². The van der Waals surface area contributed by atoms with Crippen molar-refractivity contribution < 1.29 is 18.3 Å². The number of benzene rings is 2. The summed E-state index contributed by atoms with van der Waals surface area (Å²) in [7, 11) is 1.63. The summed E-state index contributed by atoms with van der Waals surface area (Å²) in [6.45, 7) is 4.13. The summed E-state index contributed by atoms with van der Waals surface area (Å²) in [5.41, 5.74) is 4.13. The van der Waals surface area contributed by atoms with E-state index in [2.05, 4.69) is 27.3 Å². The highest BCUT2D eigenvalue weighted by Crippen LogP contribution is 2.32. The van der Waals surface area contributed by atoms with E-state index in [0.29, 0.717) is 30.8 Å². The van der Waals surface area contributed by atoms with E-state index in [1.807, 2.05) is 37.3 Å². The van der Waals surface area contributed by atoms with Crippen molar-refractivity contribution in [3.63, 3.8) is 0 Å². The maximum absolute atomic E-state index is 14.1. The van der Waals surface area contributed by atoms with Gasteiger partial charge in [-0.1, -0.05) is 24.3 Å². The molecule has 1 aromatic heterocycles. The number of methoxy groups -OCH3 is 1. The molecule has 1 fully saturated rings. The second kappa shape index (κ2) is 12.1. The van der Waals surface area contributed by atoms with E-state index in [4.69, 9.17) is 9.84 Å². The molecule has 3 aromatic rings. The molecule has 0 radical (unpaired) electrons. The van der Waals surface area contributed by atoms with Crippen LogP contribution in [-0.4, -0.2) is 54.7 Å². The number of amides is 2. The lowest BCUT2D eigenvalue weighted by Gasteiger charge is -2.22. The number of carbonyl (C=O) groups is 1. The Morgan fingerprint density at radius 1 is 1.18 bits per heavy atom. The number of hydrogen-bond donors (Lipinski definition) is 4. The van der Waals surface area contributed by atoms with Crippen molar-refractivity contribution in [1.82, 2.24) is 25.7 Å². The third-order valence-electron chi connectivity index (χ3n) is 7.31. The Balaban J connectivity index is 1.41. The van der Waals surface area contributed by atoms with E-state index in [1.165, 1.54) is 12.1 Å². The van der Waals surface area contributed by atoms with E-state index in [1.54, 1.807) is 11.8 Å². The molecule has 10 heteroatoms. The molecule has 0 unspecified atom stereocenters. The minimum absolute atomic E-state index is 0.0154. The molecule has 2 amide bonds. The molecule has 2 aromatic carbocycles. The minimum Gasteiger partial charge on any atom is -0.385 e. The number of aromatic nitrogens is 2. The largest absolute Gasteiger partial charge is 0.385 e. The smallest absolute Gasteiger partial charge is 0.320 e. The zero-order valence-corrected chi connectivity index (χ0v) is 22.1. The fraction of sp³-hybridized carbons (Fsp3) is 0.379. The van der Waals surface area contributed by atoms with Gasteiger partial charge in [0.15, 0.2) is 0 Å². The Kier molecular flexibility index (Phi) is 8.35. The molecule has 2 aliphatic rings. The molecule has 0 aliphatic carbocycles. The van der Waals surface area contributed by atoms with Crippen LogP contribution in [0.25, 0.3) is 11.3 Å². The van der Waals surface area contributed by atoms with Gasteiger partial charge in [-0.05, 0) is 68.1 Å². The first kappa shape index (κ1) is 27.0. The van der Waals surface area contributed by atoms with Gasteiger partial charge in [0.25, 0.3) is 0 Å². The second-order valence-corrected chi connectivity index (χ2v) is 10.0. The van der Waals surface area contributed by atoms with Crippen LogP contribution in [0.4, 0.5) is 19.4 Å². The maximum atomic E-state index is 14.1. The van der Waals surface area contributed by atoms with Crippen molar-refractivity contribution in [2.24, 2.45) is 0 Å². The van der Waals surface area contributed by atoms with Crippen molar-refractivity contribution in [1.29, 1.82) is 0 Å². The third-order valence-corrected chi connectivity index (χ3v) is 7.31. The zero-order valence-electron chi connectivity index (χ0n) is 22.1. The number of rotatable bonds is 8. The molecule has 4 N–H and O–H groups in total. The fourth-order valence-corrected chi connectivity index (χ4v) is 5.42. The van der Waals surface area contributed by atoms with Gasteiger partial charge in [-0.15, -0.1) is 0 Å². The zero-order chi connectivity index (χ0) is 27.4. The molecule has 206 valence electrons. The van der Waals surface area contributed by atoms with Crippen molar-refractivity contribution in [3.8, 4) is 5.69 Å². The van der Waals surface area contributed by atoms with Gasteiger partial charge in [0.2, 0.25) is 0 Å². The number of nitrogens with zero attached hydrogens (tertiary/aromatic N) is 2. The first-order valence-corrected chi connectivity index (χ1v) is 13.3. The quantitative estimate of drug-likeness (QED) is 0.341. The standard InChI is InChI=1S/C29H34F2N6O2/c1-18-26(19-8-11-32-12-9-19)36-37(24-6-4-3-5-7-24)28(18)35-29(38)34-25-17-23(10-13-39-2)33-27(25)20-14-21(30)16-22(31)15-20/h3-8,14-16,23,25,27,32-33H,9-13,17H2,1-2H3,(H2,34,35,38)/t23-,25-,27+/m1/s1. The molecule has 0 bridgehead atoms.